The maximum absolute atomic E-state index is 10.5. The fourth-order valence-electron chi connectivity index (χ4n) is 1.50. The molecular weight excluding hydrogens is 236 g/mol. The van der Waals surface area contributed by atoms with Crippen LogP contribution in [0.3, 0.4) is 0 Å². The van der Waals surface area contributed by atoms with Crippen molar-refractivity contribution in [2.75, 3.05) is 12.8 Å². The Labute approximate surface area is 106 Å². The summed E-state index contributed by atoms with van der Waals surface area (Å²) >= 11 is 1.75. The van der Waals surface area contributed by atoms with E-state index in [0.717, 1.165) is 43.2 Å². The topological polar surface area (TPSA) is 68.3 Å². The van der Waals surface area contributed by atoms with Gasteiger partial charge in [0.05, 0.1) is 12.3 Å². The molecule has 1 amide bonds. The Hall–Kier alpha value is -0.940. The highest BCUT2D eigenvalue weighted by Crippen LogP contribution is 2.13. The minimum absolute atomic E-state index is 0.224. The molecular formula is C12H20N2O2S. The third-order valence-electron chi connectivity index (χ3n) is 2.33. The van der Waals surface area contributed by atoms with E-state index in [1.54, 1.807) is 11.8 Å². The molecule has 96 valence electrons. The van der Waals surface area contributed by atoms with E-state index >= 15 is 0 Å². The van der Waals surface area contributed by atoms with E-state index in [9.17, 15) is 4.79 Å². The standard InChI is InChI=1S/C12H20N2O2S/c1-17-9-11-6-5-10(16-11)8-14-7-3-2-4-12(13)15/h5-6,14H,2-4,7-9H2,1H3,(H2,13,15). The van der Waals surface area contributed by atoms with Crippen LogP contribution >= 0.6 is 11.8 Å². The summed E-state index contributed by atoms with van der Waals surface area (Å²) in [6.45, 7) is 1.62. The zero-order chi connectivity index (χ0) is 12.5. The predicted octanol–water partition coefficient (Wildman–Crippen LogP) is 1.89. The number of hydrogen-bond donors (Lipinski definition) is 2. The molecule has 0 aromatic carbocycles. The fourth-order valence-corrected chi connectivity index (χ4v) is 1.94. The Morgan fingerprint density at radius 1 is 1.41 bits per heavy atom. The average molecular weight is 256 g/mol. The summed E-state index contributed by atoms with van der Waals surface area (Å²) < 4.78 is 5.61. The summed E-state index contributed by atoms with van der Waals surface area (Å²) in [5, 5.41) is 3.28. The molecule has 0 unspecified atom stereocenters. The number of thioether (sulfide) groups is 1. The summed E-state index contributed by atoms with van der Waals surface area (Å²) in [5.74, 6) is 2.67. The van der Waals surface area contributed by atoms with Crippen LogP contribution in [0.15, 0.2) is 16.5 Å². The predicted molar refractivity (Wildman–Crippen MR) is 70.7 cm³/mol. The minimum Gasteiger partial charge on any atom is -0.464 e. The first-order valence-corrected chi connectivity index (χ1v) is 7.17. The van der Waals surface area contributed by atoms with Gasteiger partial charge < -0.3 is 15.5 Å². The van der Waals surface area contributed by atoms with Crippen LogP contribution in [-0.2, 0) is 17.1 Å². The van der Waals surface area contributed by atoms with E-state index < -0.39 is 0 Å². The van der Waals surface area contributed by atoms with Crippen LogP contribution < -0.4 is 11.1 Å². The Morgan fingerprint density at radius 3 is 2.88 bits per heavy atom. The van der Waals surface area contributed by atoms with Gasteiger partial charge in [0.1, 0.15) is 11.5 Å². The van der Waals surface area contributed by atoms with Crippen molar-refractivity contribution in [2.45, 2.75) is 31.6 Å². The maximum atomic E-state index is 10.5. The van der Waals surface area contributed by atoms with Crippen LogP contribution in [-0.4, -0.2) is 18.7 Å². The molecule has 3 N–H and O–H groups in total. The highest BCUT2D eigenvalue weighted by atomic mass is 32.2. The van der Waals surface area contributed by atoms with Gasteiger partial charge in [-0.25, -0.2) is 0 Å². The van der Waals surface area contributed by atoms with Gasteiger partial charge in [-0.1, -0.05) is 0 Å². The van der Waals surface area contributed by atoms with E-state index in [1.165, 1.54) is 0 Å². The van der Waals surface area contributed by atoms with Gasteiger partial charge >= 0.3 is 0 Å². The Bertz CT molecular complexity index is 339. The van der Waals surface area contributed by atoms with Crippen LogP contribution in [0.4, 0.5) is 0 Å². The number of nitrogens with two attached hydrogens (primary N) is 1. The van der Waals surface area contributed by atoms with Crippen molar-refractivity contribution >= 4 is 17.7 Å². The lowest BCUT2D eigenvalue weighted by Crippen LogP contribution is -2.15. The van der Waals surface area contributed by atoms with Gasteiger partial charge in [0.25, 0.3) is 0 Å². The lowest BCUT2D eigenvalue weighted by atomic mass is 10.2. The third kappa shape index (κ3) is 6.38. The monoisotopic (exact) mass is 256 g/mol. The second-order valence-corrected chi connectivity index (χ2v) is 4.77. The van der Waals surface area contributed by atoms with E-state index in [-0.39, 0.29) is 5.91 Å². The van der Waals surface area contributed by atoms with Crippen LogP contribution in [0.25, 0.3) is 0 Å². The van der Waals surface area contributed by atoms with Gasteiger partial charge in [0.15, 0.2) is 0 Å². The Kier molecular flexibility index (Phi) is 6.81. The van der Waals surface area contributed by atoms with Gasteiger partial charge in [0, 0.05) is 6.42 Å². The molecule has 0 bridgehead atoms. The zero-order valence-corrected chi connectivity index (χ0v) is 11.0. The maximum Gasteiger partial charge on any atom is 0.217 e. The summed E-state index contributed by atoms with van der Waals surface area (Å²) in [6, 6.07) is 4.02. The minimum atomic E-state index is -0.224. The normalized spacial score (nSPS) is 10.6. The highest BCUT2D eigenvalue weighted by Gasteiger charge is 2.01. The molecule has 0 aliphatic carbocycles. The summed E-state index contributed by atoms with van der Waals surface area (Å²) in [5.41, 5.74) is 5.05. The summed E-state index contributed by atoms with van der Waals surface area (Å²) in [4.78, 5) is 10.5. The number of carbonyl (C=O) groups is 1. The van der Waals surface area contributed by atoms with E-state index in [2.05, 4.69) is 11.6 Å². The number of unbranched alkanes of at least 4 members (excludes halogenated alkanes) is 1. The molecule has 1 rings (SSSR count). The molecule has 0 fully saturated rings. The number of nitrogens with one attached hydrogen (secondary N) is 1. The first-order chi connectivity index (χ1) is 8.22. The second kappa shape index (κ2) is 8.20. The van der Waals surface area contributed by atoms with E-state index in [0.29, 0.717) is 6.42 Å². The molecule has 4 nitrogen and oxygen atoms in total. The SMILES string of the molecule is CSCc1ccc(CNCCCCC(N)=O)o1. The molecule has 0 aliphatic heterocycles. The molecule has 0 spiro atoms. The summed E-state index contributed by atoms with van der Waals surface area (Å²) in [6.07, 6.45) is 4.33. The molecule has 1 heterocycles. The number of carbonyl (C=O) groups excluding carboxylic acids is 1. The quantitative estimate of drug-likeness (QED) is 0.662. The van der Waals surface area contributed by atoms with Crippen molar-refractivity contribution in [1.29, 1.82) is 0 Å². The third-order valence-corrected chi connectivity index (χ3v) is 2.90. The van der Waals surface area contributed by atoms with Gasteiger partial charge in [-0.2, -0.15) is 11.8 Å². The Balaban J connectivity index is 2.07. The van der Waals surface area contributed by atoms with Gasteiger partial charge in [-0.15, -0.1) is 0 Å². The Morgan fingerprint density at radius 2 is 2.18 bits per heavy atom. The molecule has 1 aromatic heterocycles. The van der Waals surface area contributed by atoms with Crippen molar-refractivity contribution in [1.82, 2.24) is 5.32 Å². The van der Waals surface area contributed by atoms with Crippen molar-refractivity contribution in [3.05, 3.63) is 23.7 Å². The van der Waals surface area contributed by atoms with Crippen LogP contribution in [0.1, 0.15) is 30.8 Å². The molecule has 0 atom stereocenters. The van der Waals surface area contributed by atoms with E-state index in [4.69, 9.17) is 10.2 Å². The van der Waals surface area contributed by atoms with Crippen molar-refractivity contribution in [2.24, 2.45) is 5.73 Å². The molecule has 0 aliphatic rings. The number of rotatable bonds is 9. The smallest absolute Gasteiger partial charge is 0.217 e. The molecule has 0 radical (unpaired) electrons. The average Bonchev–Trinajstić information content (AvgIpc) is 2.71. The van der Waals surface area contributed by atoms with E-state index in [1.807, 2.05) is 12.1 Å². The molecule has 0 saturated carbocycles. The van der Waals surface area contributed by atoms with Gasteiger partial charge in [-0.3, -0.25) is 4.79 Å². The zero-order valence-electron chi connectivity index (χ0n) is 10.2. The lowest BCUT2D eigenvalue weighted by molar-refractivity contribution is -0.118. The van der Waals surface area contributed by atoms with Gasteiger partial charge in [-0.05, 0) is 37.8 Å². The number of furan rings is 1. The first kappa shape index (κ1) is 14.1. The highest BCUT2D eigenvalue weighted by molar-refractivity contribution is 7.97. The number of primary amides is 1. The van der Waals surface area contributed by atoms with Crippen LogP contribution in [0, 0.1) is 0 Å². The van der Waals surface area contributed by atoms with Crippen molar-refractivity contribution < 1.29 is 9.21 Å². The van der Waals surface area contributed by atoms with Gasteiger partial charge in [0.2, 0.25) is 5.91 Å². The number of amides is 1. The van der Waals surface area contributed by atoms with Crippen LogP contribution in [0.2, 0.25) is 0 Å². The largest absolute Gasteiger partial charge is 0.464 e. The lowest BCUT2D eigenvalue weighted by Gasteiger charge is -2.01. The molecule has 5 heteroatoms. The van der Waals surface area contributed by atoms with Crippen LogP contribution in [0.5, 0.6) is 0 Å². The summed E-state index contributed by atoms with van der Waals surface area (Å²) in [7, 11) is 0. The fraction of sp³-hybridized carbons (Fsp3) is 0.583. The van der Waals surface area contributed by atoms with Crippen molar-refractivity contribution in [3.63, 3.8) is 0 Å². The first-order valence-electron chi connectivity index (χ1n) is 5.78. The molecule has 1 aromatic rings. The second-order valence-electron chi connectivity index (χ2n) is 3.90. The number of hydrogen-bond acceptors (Lipinski definition) is 4. The molecule has 0 saturated heterocycles. The van der Waals surface area contributed by atoms with Crippen molar-refractivity contribution in [3.8, 4) is 0 Å². The molecule has 17 heavy (non-hydrogen) atoms.